The fourth-order valence-electron chi connectivity index (χ4n) is 2.91. The summed E-state index contributed by atoms with van der Waals surface area (Å²) in [7, 11) is 2.97. The second kappa shape index (κ2) is 8.77. The van der Waals surface area contributed by atoms with Crippen LogP contribution in [0.15, 0.2) is 60.9 Å². The molecule has 0 saturated carbocycles. The Balaban J connectivity index is 1.73. The predicted molar refractivity (Wildman–Crippen MR) is 127 cm³/mol. The Morgan fingerprint density at radius 2 is 1.87 bits per heavy atom. The molecule has 1 N–H and O–H groups in total. The first-order chi connectivity index (χ1) is 14.8. The summed E-state index contributed by atoms with van der Waals surface area (Å²) in [4.78, 5) is 47.5. The van der Waals surface area contributed by atoms with E-state index in [1.165, 1.54) is 23.0 Å². The van der Waals surface area contributed by atoms with E-state index >= 15 is 0 Å². The molecule has 11 heteroatoms. The molecule has 1 amide bonds. The third kappa shape index (κ3) is 4.34. The van der Waals surface area contributed by atoms with Gasteiger partial charge < -0.3 is 5.32 Å². The van der Waals surface area contributed by atoms with Crippen molar-refractivity contribution < 1.29 is 4.79 Å². The quantitative estimate of drug-likeness (QED) is 0.322. The number of thioether (sulfide) groups is 1. The Bertz CT molecular complexity index is 1400. The van der Waals surface area contributed by atoms with E-state index in [0.29, 0.717) is 16.5 Å². The van der Waals surface area contributed by atoms with Crippen molar-refractivity contribution in [3.05, 3.63) is 67.1 Å². The predicted octanol–water partition coefficient (Wildman–Crippen LogP) is 3.25. The first-order valence-electron chi connectivity index (χ1n) is 9.05. The zero-order chi connectivity index (χ0) is 22.1. The Kier molecular flexibility index (Phi) is 6.08. The molecule has 8 nitrogen and oxygen atoms in total. The van der Waals surface area contributed by atoms with Gasteiger partial charge in [0.25, 0.3) is 5.56 Å². The van der Waals surface area contributed by atoms with Crippen molar-refractivity contribution in [2.24, 2.45) is 14.1 Å². The molecule has 4 rings (SSSR count). The van der Waals surface area contributed by atoms with Gasteiger partial charge >= 0.3 is 5.69 Å². The molecule has 1 aromatic carbocycles. The number of aromatic nitrogens is 4. The summed E-state index contributed by atoms with van der Waals surface area (Å²) >= 11 is 5.94. The van der Waals surface area contributed by atoms with E-state index in [4.69, 9.17) is 0 Å². The van der Waals surface area contributed by atoms with E-state index in [1.807, 2.05) is 29.6 Å². The highest BCUT2D eigenvalue weighted by atomic mass is 79.9. The number of nitrogens with one attached hydrogen (secondary N) is 1. The maximum absolute atomic E-state index is 12.8. The van der Waals surface area contributed by atoms with E-state index < -0.39 is 11.2 Å². The van der Waals surface area contributed by atoms with E-state index in [9.17, 15) is 14.4 Å². The molecule has 0 bridgehead atoms. The van der Waals surface area contributed by atoms with Crippen LogP contribution in [0.25, 0.3) is 21.7 Å². The van der Waals surface area contributed by atoms with Gasteiger partial charge in [0.05, 0.1) is 10.6 Å². The topological polar surface area (TPSA) is 98.9 Å². The number of halogens is 1. The van der Waals surface area contributed by atoms with Crippen LogP contribution in [0.4, 0.5) is 5.69 Å². The van der Waals surface area contributed by atoms with Crippen LogP contribution in [-0.4, -0.2) is 30.8 Å². The smallest absolute Gasteiger partial charge is 0.325 e. The van der Waals surface area contributed by atoms with Crippen molar-refractivity contribution in [1.82, 2.24) is 19.1 Å². The van der Waals surface area contributed by atoms with E-state index in [2.05, 4.69) is 31.2 Å². The summed E-state index contributed by atoms with van der Waals surface area (Å²) in [5.41, 5.74) is -0.0647. The second-order valence-corrected chi connectivity index (χ2v) is 9.41. The number of benzene rings is 1. The molecule has 0 saturated heterocycles. The number of carbonyl (C=O) groups is 1. The van der Waals surface area contributed by atoms with Crippen molar-refractivity contribution in [3.8, 4) is 10.7 Å². The molecule has 3 heterocycles. The lowest BCUT2D eigenvalue weighted by molar-refractivity contribution is -0.113. The number of amides is 1. The number of thiophene rings is 1. The highest BCUT2D eigenvalue weighted by Gasteiger charge is 2.19. The Morgan fingerprint density at radius 3 is 2.55 bits per heavy atom. The number of hydrogen-bond acceptors (Lipinski definition) is 7. The van der Waals surface area contributed by atoms with Crippen LogP contribution in [0.3, 0.4) is 0 Å². The van der Waals surface area contributed by atoms with Gasteiger partial charge in [0, 0.05) is 24.3 Å². The maximum Gasteiger partial charge on any atom is 0.332 e. The number of hydrogen-bond donors (Lipinski definition) is 1. The van der Waals surface area contributed by atoms with Gasteiger partial charge in [-0.2, -0.15) is 0 Å². The molecule has 0 aliphatic heterocycles. The SMILES string of the molecule is Cn1c(=O)c2c(SCC(=O)Nc3ccc(Br)cc3)nc(-c3cccs3)nc2n(C)c1=O. The fraction of sp³-hybridized carbons (Fsp3) is 0.150. The molecule has 0 aliphatic rings. The van der Waals surface area contributed by atoms with E-state index in [-0.39, 0.29) is 22.7 Å². The summed E-state index contributed by atoms with van der Waals surface area (Å²) < 4.78 is 3.25. The minimum atomic E-state index is -0.494. The first kappa shape index (κ1) is 21.5. The molecule has 0 spiro atoms. The summed E-state index contributed by atoms with van der Waals surface area (Å²) in [6.45, 7) is 0. The highest BCUT2D eigenvalue weighted by molar-refractivity contribution is 9.10. The standard InChI is InChI=1S/C20H16BrN5O3S2/c1-25-17-15(19(28)26(2)20(25)29)18(24-16(23-17)13-4-3-9-30-13)31-10-14(27)22-12-7-5-11(21)6-8-12/h3-9H,10H2,1-2H3,(H,22,27). The summed E-state index contributed by atoms with van der Waals surface area (Å²) in [5.74, 6) is 0.206. The lowest BCUT2D eigenvalue weighted by Gasteiger charge is -2.11. The Hall–Kier alpha value is -2.76. The molecule has 3 aromatic heterocycles. The molecule has 158 valence electrons. The van der Waals surface area contributed by atoms with Gasteiger partial charge in [0.2, 0.25) is 5.91 Å². The molecule has 0 unspecified atom stereocenters. The zero-order valence-corrected chi connectivity index (χ0v) is 19.7. The largest absolute Gasteiger partial charge is 0.332 e. The lowest BCUT2D eigenvalue weighted by atomic mass is 10.3. The fourth-order valence-corrected chi connectivity index (χ4v) is 4.65. The van der Waals surface area contributed by atoms with Crippen LogP contribution in [0, 0.1) is 0 Å². The van der Waals surface area contributed by atoms with Gasteiger partial charge in [-0.3, -0.25) is 18.7 Å². The average molecular weight is 518 g/mol. The normalized spacial score (nSPS) is 11.1. The highest BCUT2D eigenvalue weighted by Crippen LogP contribution is 2.28. The maximum atomic E-state index is 12.8. The van der Waals surface area contributed by atoms with Gasteiger partial charge in [-0.05, 0) is 35.7 Å². The number of fused-ring (bicyclic) bond motifs is 1. The molecular weight excluding hydrogens is 502 g/mol. The average Bonchev–Trinajstić information content (AvgIpc) is 3.31. The Morgan fingerprint density at radius 1 is 1.13 bits per heavy atom. The number of nitrogens with zero attached hydrogens (tertiary/aromatic N) is 4. The molecule has 0 fully saturated rings. The minimum absolute atomic E-state index is 0.0397. The summed E-state index contributed by atoms with van der Waals surface area (Å²) in [6, 6.07) is 11.0. The van der Waals surface area contributed by atoms with Gasteiger partial charge in [0.1, 0.15) is 10.4 Å². The molecular formula is C20H16BrN5O3S2. The van der Waals surface area contributed by atoms with Crippen molar-refractivity contribution in [1.29, 1.82) is 0 Å². The van der Waals surface area contributed by atoms with E-state index in [0.717, 1.165) is 25.7 Å². The number of aryl methyl sites for hydroxylation is 1. The van der Waals surface area contributed by atoms with Crippen molar-refractivity contribution in [3.63, 3.8) is 0 Å². The van der Waals surface area contributed by atoms with Crippen LogP contribution in [0.5, 0.6) is 0 Å². The van der Waals surface area contributed by atoms with Crippen LogP contribution in [-0.2, 0) is 18.9 Å². The van der Waals surface area contributed by atoms with Crippen LogP contribution in [0.2, 0.25) is 0 Å². The van der Waals surface area contributed by atoms with Crippen molar-refractivity contribution in [2.45, 2.75) is 5.03 Å². The van der Waals surface area contributed by atoms with Crippen molar-refractivity contribution in [2.75, 3.05) is 11.1 Å². The molecule has 31 heavy (non-hydrogen) atoms. The third-order valence-electron chi connectivity index (χ3n) is 4.48. The van der Waals surface area contributed by atoms with Crippen LogP contribution < -0.4 is 16.6 Å². The van der Waals surface area contributed by atoms with Gasteiger partial charge in [-0.1, -0.05) is 33.8 Å². The number of carbonyl (C=O) groups excluding carboxylic acids is 1. The van der Waals surface area contributed by atoms with Crippen LogP contribution >= 0.6 is 39.0 Å². The molecule has 0 atom stereocenters. The number of anilines is 1. The summed E-state index contributed by atoms with van der Waals surface area (Å²) in [5, 5.41) is 5.28. The van der Waals surface area contributed by atoms with Gasteiger partial charge in [0.15, 0.2) is 11.5 Å². The second-order valence-electron chi connectivity index (χ2n) is 6.58. The zero-order valence-electron chi connectivity index (χ0n) is 16.5. The van der Waals surface area contributed by atoms with E-state index in [1.54, 1.807) is 19.2 Å². The monoisotopic (exact) mass is 517 g/mol. The van der Waals surface area contributed by atoms with Gasteiger partial charge in [-0.15, -0.1) is 11.3 Å². The Labute approximate surface area is 193 Å². The van der Waals surface area contributed by atoms with Crippen LogP contribution in [0.1, 0.15) is 0 Å². The number of rotatable bonds is 5. The van der Waals surface area contributed by atoms with Gasteiger partial charge in [-0.25, -0.2) is 14.8 Å². The van der Waals surface area contributed by atoms with Crippen molar-refractivity contribution >= 4 is 61.7 Å². The first-order valence-corrected chi connectivity index (χ1v) is 11.7. The molecule has 4 aromatic rings. The summed E-state index contributed by atoms with van der Waals surface area (Å²) in [6.07, 6.45) is 0. The lowest BCUT2D eigenvalue weighted by Crippen LogP contribution is -2.37. The minimum Gasteiger partial charge on any atom is -0.325 e. The molecule has 0 aliphatic carbocycles. The third-order valence-corrected chi connectivity index (χ3v) is 6.85. The molecule has 0 radical (unpaired) electrons.